The molecule has 0 aliphatic heterocycles. The summed E-state index contributed by atoms with van der Waals surface area (Å²) in [5.41, 5.74) is 6.73. The number of carbonyl (C=O) groups excluding carboxylic acids is 2. The molecule has 0 saturated carbocycles. The van der Waals surface area contributed by atoms with Gasteiger partial charge in [-0.2, -0.15) is 0 Å². The van der Waals surface area contributed by atoms with Gasteiger partial charge in [0.2, 0.25) is 5.91 Å². The number of pyridine rings is 1. The van der Waals surface area contributed by atoms with Gasteiger partial charge < -0.3 is 11.1 Å². The Balaban J connectivity index is 2.07. The number of benzene rings is 1. The molecular formula is C15H15N3O2. The molecule has 102 valence electrons. The fourth-order valence-electron chi connectivity index (χ4n) is 1.82. The Morgan fingerprint density at radius 1 is 1.10 bits per heavy atom. The first kappa shape index (κ1) is 13.7. The number of nitrogens with one attached hydrogen (secondary N) is 1. The summed E-state index contributed by atoms with van der Waals surface area (Å²) in [5.74, 6) is -0.900. The van der Waals surface area contributed by atoms with E-state index in [4.69, 9.17) is 5.73 Å². The minimum Gasteiger partial charge on any atom is -0.368 e. The zero-order valence-electron chi connectivity index (χ0n) is 10.8. The lowest BCUT2D eigenvalue weighted by Crippen LogP contribution is -2.45. The van der Waals surface area contributed by atoms with Crippen LogP contribution in [0.2, 0.25) is 0 Å². The molecule has 0 spiro atoms. The Morgan fingerprint density at radius 2 is 1.75 bits per heavy atom. The number of nitrogens with two attached hydrogens (primary N) is 1. The summed E-state index contributed by atoms with van der Waals surface area (Å²) >= 11 is 0. The Bertz CT molecular complexity index is 585. The van der Waals surface area contributed by atoms with Gasteiger partial charge in [0.1, 0.15) is 6.04 Å². The van der Waals surface area contributed by atoms with Gasteiger partial charge in [0, 0.05) is 24.4 Å². The molecule has 2 rings (SSSR count). The van der Waals surface area contributed by atoms with E-state index < -0.39 is 11.9 Å². The van der Waals surface area contributed by atoms with Gasteiger partial charge in [-0.3, -0.25) is 14.6 Å². The van der Waals surface area contributed by atoms with Gasteiger partial charge in [-0.05, 0) is 17.7 Å². The summed E-state index contributed by atoms with van der Waals surface area (Å²) < 4.78 is 0. The molecular weight excluding hydrogens is 254 g/mol. The van der Waals surface area contributed by atoms with E-state index in [1.807, 2.05) is 30.3 Å². The average Bonchev–Trinajstić information content (AvgIpc) is 2.48. The first-order valence-corrected chi connectivity index (χ1v) is 6.21. The molecule has 0 bridgehead atoms. The smallest absolute Gasteiger partial charge is 0.252 e. The van der Waals surface area contributed by atoms with Crippen molar-refractivity contribution in [2.45, 2.75) is 12.5 Å². The Hall–Kier alpha value is -2.69. The maximum Gasteiger partial charge on any atom is 0.252 e. The summed E-state index contributed by atoms with van der Waals surface area (Å²) in [7, 11) is 0. The molecule has 0 aliphatic carbocycles. The minimum atomic E-state index is -0.738. The number of carbonyl (C=O) groups is 2. The molecule has 2 aromatic rings. The molecule has 3 N–H and O–H groups in total. The van der Waals surface area contributed by atoms with Crippen molar-refractivity contribution in [1.82, 2.24) is 10.3 Å². The predicted octanol–water partition coefficient (Wildman–Crippen LogP) is 0.908. The molecule has 5 heteroatoms. The van der Waals surface area contributed by atoms with E-state index in [9.17, 15) is 9.59 Å². The zero-order valence-corrected chi connectivity index (χ0v) is 10.8. The van der Waals surface area contributed by atoms with Gasteiger partial charge in [0.05, 0.1) is 0 Å². The molecule has 2 amide bonds. The summed E-state index contributed by atoms with van der Waals surface area (Å²) in [6.07, 6.45) is 3.41. The summed E-state index contributed by atoms with van der Waals surface area (Å²) in [6, 6.07) is 11.8. The highest BCUT2D eigenvalue weighted by molar-refractivity contribution is 5.97. The van der Waals surface area contributed by atoms with Crippen molar-refractivity contribution in [2.24, 2.45) is 5.73 Å². The lowest BCUT2D eigenvalue weighted by molar-refractivity contribution is -0.119. The quantitative estimate of drug-likeness (QED) is 0.846. The largest absolute Gasteiger partial charge is 0.368 e. The maximum atomic E-state index is 12.0. The summed E-state index contributed by atoms with van der Waals surface area (Å²) in [5, 5.41) is 2.64. The third-order valence-corrected chi connectivity index (χ3v) is 2.87. The molecule has 1 aromatic carbocycles. The van der Waals surface area contributed by atoms with Crippen LogP contribution in [0.25, 0.3) is 0 Å². The number of aromatic nitrogens is 1. The predicted molar refractivity (Wildman–Crippen MR) is 74.8 cm³/mol. The van der Waals surface area contributed by atoms with Crippen molar-refractivity contribution >= 4 is 11.8 Å². The molecule has 1 atom stereocenters. The first-order valence-electron chi connectivity index (χ1n) is 6.21. The van der Waals surface area contributed by atoms with E-state index >= 15 is 0 Å². The Labute approximate surface area is 116 Å². The van der Waals surface area contributed by atoms with E-state index in [-0.39, 0.29) is 5.91 Å². The van der Waals surface area contributed by atoms with Gasteiger partial charge in [-0.1, -0.05) is 30.3 Å². The number of rotatable bonds is 5. The number of nitrogens with zero attached hydrogens (tertiary/aromatic N) is 1. The Morgan fingerprint density at radius 3 is 2.35 bits per heavy atom. The molecule has 0 saturated heterocycles. The number of hydrogen-bond acceptors (Lipinski definition) is 3. The maximum absolute atomic E-state index is 12.0. The molecule has 0 fully saturated rings. The molecule has 0 aliphatic rings. The zero-order chi connectivity index (χ0) is 14.4. The monoisotopic (exact) mass is 269 g/mol. The molecule has 1 heterocycles. The second-order valence-corrected chi connectivity index (χ2v) is 4.35. The fourth-order valence-corrected chi connectivity index (χ4v) is 1.82. The lowest BCUT2D eigenvalue weighted by atomic mass is 10.1. The van der Waals surface area contributed by atoms with E-state index in [0.717, 1.165) is 5.56 Å². The highest BCUT2D eigenvalue weighted by Crippen LogP contribution is 2.04. The van der Waals surface area contributed by atoms with Crippen molar-refractivity contribution < 1.29 is 9.59 Å². The topological polar surface area (TPSA) is 85.1 Å². The summed E-state index contributed by atoms with van der Waals surface area (Å²) in [4.78, 5) is 27.3. The van der Waals surface area contributed by atoms with Crippen molar-refractivity contribution in [3.8, 4) is 0 Å². The van der Waals surface area contributed by atoms with Crippen LogP contribution in [-0.2, 0) is 11.2 Å². The number of amides is 2. The van der Waals surface area contributed by atoms with Gasteiger partial charge >= 0.3 is 0 Å². The van der Waals surface area contributed by atoms with Crippen molar-refractivity contribution in [3.05, 3.63) is 66.0 Å². The van der Waals surface area contributed by atoms with Crippen LogP contribution in [-0.4, -0.2) is 22.8 Å². The van der Waals surface area contributed by atoms with Crippen molar-refractivity contribution in [2.75, 3.05) is 0 Å². The normalized spacial score (nSPS) is 11.6. The van der Waals surface area contributed by atoms with Crippen LogP contribution < -0.4 is 11.1 Å². The third-order valence-electron chi connectivity index (χ3n) is 2.87. The lowest BCUT2D eigenvalue weighted by Gasteiger charge is -2.15. The highest BCUT2D eigenvalue weighted by Gasteiger charge is 2.19. The number of hydrogen-bond donors (Lipinski definition) is 2. The van der Waals surface area contributed by atoms with Crippen LogP contribution in [0.3, 0.4) is 0 Å². The van der Waals surface area contributed by atoms with Gasteiger partial charge in [-0.25, -0.2) is 0 Å². The average molecular weight is 269 g/mol. The van der Waals surface area contributed by atoms with E-state index in [1.54, 1.807) is 12.1 Å². The van der Waals surface area contributed by atoms with Crippen LogP contribution in [0.5, 0.6) is 0 Å². The minimum absolute atomic E-state index is 0.341. The van der Waals surface area contributed by atoms with E-state index in [1.165, 1.54) is 12.4 Å². The van der Waals surface area contributed by atoms with Gasteiger partial charge in [-0.15, -0.1) is 0 Å². The van der Waals surface area contributed by atoms with Gasteiger partial charge in [0.25, 0.3) is 5.91 Å². The van der Waals surface area contributed by atoms with Crippen molar-refractivity contribution in [3.63, 3.8) is 0 Å². The van der Waals surface area contributed by atoms with Crippen molar-refractivity contribution in [1.29, 1.82) is 0 Å². The fraction of sp³-hybridized carbons (Fsp3) is 0.133. The molecule has 0 radical (unpaired) electrons. The molecule has 20 heavy (non-hydrogen) atoms. The highest BCUT2D eigenvalue weighted by atomic mass is 16.2. The second kappa shape index (κ2) is 6.47. The van der Waals surface area contributed by atoms with Crippen LogP contribution in [0.15, 0.2) is 54.9 Å². The molecule has 5 nitrogen and oxygen atoms in total. The number of primary amides is 1. The second-order valence-electron chi connectivity index (χ2n) is 4.35. The third kappa shape index (κ3) is 3.65. The standard InChI is InChI=1S/C15H15N3O2/c16-14(19)13(10-11-4-2-1-3-5-11)18-15(20)12-6-8-17-9-7-12/h1-9,13H,10H2,(H2,16,19)(H,18,20)/t13-/m1/s1. The SMILES string of the molecule is NC(=O)[C@@H](Cc1ccccc1)NC(=O)c1ccncc1. The van der Waals surface area contributed by atoms with Crippen LogP contribution >= 0.6 is 0 Å². The Kier molecular flexibility index (Phi) is 4.44. The van der Waals surface area contributed by atoms with Crippen LogP contribution in [0.1, 0.15) is 15.9 Å². The van der Waals surface area contributed by atoms with Crippen LogP contribution in [0, 0.1) is 0 Å². The molecule has 0 unspecified atom stereocenters. The molecule has 1 aromatic heterocycles. The van der Waals surface area contributed by atoms with E-state index in [0.29, 0.717) is 12.0 Å². The van der Waals surface area contributed by atoms with E-state index in [2.05, 4.69) is 10.3 Å². The van der Waals surface area contributed by atoms with Crippen LogP contribution in [0.4, 0.5) is 0 Å². The summed E-state index contributed by atoms with van der Waals surface area (Å²) in [6.45, 7) is 0. The first-order chi connectivity index (χ1) is 9.66. The van der Waals surface area contributed by atoms with Gasteiger partial charge in [0.15, 0.2) is 0 Å².